The third kappa shape index (κ3) is 3.48. The molecule has 2 aliphatic heterocycles. The zero-order valence-electron chi connectivity index (χ0n) is 11.2. The van der Waals surface area contributed by atoms with E-state index in [0.29, 0.717) is 13.1 Å². The maximum absolute atomic E-state index is 12.5. The fourth-order valence-electron chi connectivity index (χ4n) is 2.93. The van der Waals surface area contributed by atoms with Crippen molar-refractivity contribution < 1.29 is 16.8 Å². The molecule has 2 fully saturated rings. The number of rotatable bonds is 2. The molecule has 0 aromatic heterocycles. The number of sulfone groups is 1. The second-order valence-electron chi connectivity index (χ2n) is 5.81. The van der Waals surface area contributed by atoms with Crippen LogP contribution in [-0.4, -0.2) is 57.0 Å². The molecule has 2 aliphatic rings. The van der Waals surface area contributed by atoms with Crippen LogP contribution in [0.1, 0.15) is 26.2 Å². The lowest BCUT2D eigenvalue weighted by atomic mass is 9.99. The third-order valence-corrected chi connectivity index (χ3v) is 7.99. The van der Waals surface area contributed by atoms with E-state index in [2.05, 4.69) is 0 Å². The largest absolute Gasteiger partial charge is 0.326 e. The van der Waals surface area contributed by atoms with E-state index in [1.807, 2.05) is 6.92 Å². The summed E-state index contributed by atoms with van der Waals surface area (Å²) in [5.41, 5.74) is 5.88. The molecule has 8 heteroatoms. The van der Waals surface area contributed by atoms with E-state index in [0.717, 1.165) is 6.42 Å². The summed E-state index contributed by atoms with van der Waals surface area (Å²) in [7, 11) is -6.45. The van der Waals surface area contributed by atoms with E-state index >= 15 is 0 Å². The van der Waals surface area contributed by atoms with Crippen molar-refractivity contribution in [1.82, 2.24) is 4.31 Å². The highest BCUT2D eigenvalue weighted by molar-refractivity contribution is 7.92. The van der Waals surface area contributed by atoms with Gasteiger partial charge < -0.3 is 5.73 Å². The van der Waals surface area contributed by atoms with Crippen LogP contribution in [0.2, 0.25) is 0 Å². The van der Waals surface area contributed by atoms with Gasteiger partial charge in [0, 0.05) is 19.1 Å². The fourth-order valence-corrected chi connectivity index (χ4v) is 6.84. The first kappa shape index (κ1) is 15.2. The van der Waals surface area contributed by atoms with Crippen LogP contribution in [-0.2, 0) is 19.9 Å². The summed E-state index contributed by atoms with van der Waals surface area (Å²) < 4.78 is 49.3. The van der Waals surface area contributed by atoms with Crippen molar-refractivity contribution >= 4 is 19.9 Å². The number of hydrogen-bond donors (Lipinski definition) is 1. The van der Waals surface area contributed by atoms with Crippen LogP contribution in [0.25, 0.3) is 0 Å². The van der Waals surface area contributed by atoms with Crippen LogP contribution < -0.4 is 5.73 Å². The average Bonchev–Trinajstić information content (AvgIpc) is 2.27. The van der Waals surface area contributed by atoms with Crippen molar-refractivity contribution in [3.8, 4) is 0 Å². The van der Waals surface area contributed by atoms with Crippen molar-refractivity contribution in [2.75, 3.05) is 24.6 Å². The maximum atomic E-state index is 12.5. The number of sulfonamides is 1. The van der Waals surface area contributed by atoms with Crippen LogP contribution in [0.4, 0.5) is 0 Å². The molecule has 0 aromatic carbocycles. The molecule has 2 N–H and O–H groups in total. The van der Waals surface area contributed by atoms with Crippen LogP contribution in [0, 0.1) is 5.92 Å². The molecule has 0 amide bonds. The molecule has 2 saturated heterocycles. The van der Waals surface area contributed by atoms with Crippen molar-refractivity contribution in [3.63, 3.8) is 0 Å². The minimum absolute atomic E-state index is 0.0215. The Bertz CT molecular complexity index is 505. The molecular formula is C11H22N2O4S2. The van der Waals surface area contributed by atoms with E-state index in [4.69, 9.17) is 5.73 Å². The highest BCUT2D eigenvalue weighted by Gasteiger charge is 2.39. The van der Waals surface area contributed by atoms with Gasteiger partial charge in [-0.1, -0.05) is 6.92 Å². The molecule has 0 radical (unpaired) electrons. The smallest absolute Gasteiger partial charge is 0.217 e. The Morgan fingerprint density at radius 3 is 2.26 bits per heavy atom. The van der Waals surface area contributed by atoms with Crippen LogP contribution in [0.5, 0.6) is 0 Å². The predicted molar refractivity (Wildman–Crippen MR) is 73.9 cm³/mol. The maximum Gasteiger partial charge on any atom is 0.217 e. The Morgan fingerprint density at radius 1 is 1.16 bits per heavy atom. The lowest BCUT2D eigenvalue weighted by Crippen LogP contribution is -2.52. The Kier molecular flexibility index (Phi) is 4.25. The standard InChI is InChI=1S/C11H22N2O4S2/c1-9-6-10(12)8-13(7-9)19(16,17)11-2-4-18(14,15)5-3-11/h9-11H,2-8,12H2,1H3. The number of hydrogen-bond acceptors (Lipinski definition) is 5. The molecule has 6 nitrogen and oxygen atoms in total. The van der Waals surface area contributed by atoms with Gasteiger partial charge in [0.25, 0.3) is 0 Å². The topological polar surface area (TPSA) is 97.5 Å². The van der Waals surface area contributed by atoms with Gasteiger partial charge in [-0.2, -0.15) is 4.31 Å². The molecule has 0 spiro atoms. The molecule has 2 atom stereocenters. The van der Waals surface area contributed by atoms with Gasteiger partial charge in [-0.05, 0) is 25.2 Å². The average molecular weight is 310 g/mol. The van der Waals surface area contributed by atoms with Gasteiger partial charge in [-0.15, -0.1) is 0 Å². The summed E-state index contributed by atoms with van der Waals surface area (Å²) in [6.07, 6.45) is 1.26. The molecule has 112 valence electrons. The molecule has 0 aliphatic carbocycles. The minimum atomic E-state index is -3.41. The van der Waals surface area contributed by atoms with Gasteiger partial charge in [-0.25, -0.2) is 16.8 Å². The lowest BCUT2D eigenvalue weighted by molar-refractivity contribution is 0.251. The lowest BCUT2D eigenvalue weighted by Gasteiger charge is -2.36. The SMILES string of the molecule is CC1CC(N)CN(S(=O)(=O)C2CCS(=O)(=O)CC2)C1. The Balaban J connectivity index is 2.10. The van der Waals surface area contributed by atoms with Crippen LogP contribution in [0.15, 0.2) is 0 Å². The fraction of sp³-hybridized carbons (Fsp3) is 1.00. The Morgan fingerprint density at radius 2 is 1.74 bits per heavy atom. The summed E-state index contributed by atoms with van der Waals surface area (Å²) >= 11 is 0. The summed E-state index contributed by atoms with van der Waals surface area (Å²) in [4.78, 5) is 0. The Hall–Kier alpha value is -0.180. The van der Waals surface area contributed by atoms with E-state index in [-0.39, 0.29) is 36.3 Å². The Labute approximate surface area is 115 Å². The second kappa shape index (κ2) is 5.31. The first-order chi connectivity index (χ1) is 8.71. The highest BCUT2D eigenvalue weighted by atomic mass is 32.2. The first-order valence-electron chi connectivity index (χ1n) is 6.65. The van der Waals surface area contributed by atoms with Crippen LogP contribution >= 0.6 is 0 Å². The van der Waals surface area contributed by atoms with Crippen molar-refractivity contribution in [3.05, 3.63) is 0 Å². The second-order valence-corrected chi connectivity index (χ2v) is 10.3. The number of piperidine rings is 1. The predicted octanol–water partition coefficient (Wildman–Crippen LogP) is -0.437. The minimum Gasteiger partial charge on any atom is -0.326 e. The highest BCUT2D eigenvalue weighted by Crippen LogP contribution is 2.26. The molecular weight excluding hydrogens is 288 g/mol. The summed E-state index contributed by atoms with van der Waals surface area (Å²) in [5.74, 6) is 0.212. The van der Waals surface area contributed by atoms with Gasteiger partial charge in [-0.3, -0.25) is 0 Å². The monoisotopic (exact) mass is 310 g/mol. The molecule has 2 rings (SSSR count). The molecule has 2 heterocycles. The van der Waals surface area contributed by atoms with Crippen LogP contribution in [0.3, 0.4) is 0 Å². The normalized spacial score (nSPS) is 34.2. The number of nitrogens with two attached hydrogens (primary N) is 1. The zero-order chi connectivity index (χ0) is 14.3. The van der Waals surface area contributed by atoms with Gasteiger partial charge in [0.2, 0.25) is 10.0 Å². The summed E-state index contributed by atoms with van der Waals surface area (Å²) in [6, 6.07) is -0.120. The molecule has 19 heavy (non-hydrogen) atoms. The van der Waals surface area contributed by atoms with Gasteiger partial charge in [0.05, 0.1) is 16.8 Å². The molecule has 2 unspecified atom stereocenters. The van der Waals surface area contributed by atoms with E-state index in [1.165, 1.54) is 4.31 Å². The van der Waals surface area contributed by atoms with Crippen molar-refractivity contribution in [1.29, 1.82) is 0 Å². The van der Waals surface area contributed by atoms with Crippen molar-refractivity contribution in [2.45, 2.75) is 37.5 Å². The first-order valence-corrected chi connectivity index (χ1v) is 9.98. The van der Waals surface area contributed by atoms with Gasteiger partial charge >= 0.3 is 0 Å². The van der Waals surface area contributed by atoms with E-state index < -0.39 is 25.1 Å². The summed E-state index contributed by atoms with van der Waals surface area (Å²) in [6.45, 7) is 2.85. The quantitative estimate of drug-likeness (QED) is 0.746. The van der Waals surface area contributed by atoms with E-state index in [9.17, 15) is 16.8 Å². The molecule has 0 bridgehead atoms. The van der Waals surface area contributed by atoms with E-state index in [1.54, 1.807) is 0 Å². The number of nitrogens with zero attached hydrogens (tertiary/aromatic N) is 1. The zero-order valence-corrected chi connectivity index (χ0v) is 12.8. The molecule has 0 saturated carbocycles. The van der Waals surface area contributed by atoms with Gasteiger partial charge in [0.15, 0.2) is 0 Å². The molecule has 0 aromatic rings. The van der Waals surface area contributed by atoms with Crippen molar-refractivity contribution in [2.24, 2.45) is 11.7 Å². The third-order valence-electron chi connectivity index (χ3n) is 3.94. The van der Waals surface area contributed by atoms with Gasteiger partial charge in [0.1, 0.15) is 9.84 Å². The summed E-state index contributed by atoms with van der Waals surface area (Å²) in [5, 5.41) is -0.562.